The van der Waals surface area contributed by atoms with Gasteiger partial charge in [-0.05, 0) is 19.3 Å². The number of nitrogens with zero attached hydrogens (tertiary/aromatic N) is 3. The molecule has 1 aliphatic heterocycles. The molecule has 1 aromatic rings. The van der Waals surface area contributed by atoms with Crippen molar-refractivity contribution in [2.75, 3.05) is 18.0 Å². The molecule has 16 heavy (non-hydrogen) atoms. The summed E-state index contributed by atoms with van der Waals surface area (Å²) >= 11 is 6.00. The Morgan fingerprint density at radius 1 is 1.31 bits per heavy atom. The van der Waals surface area contributed by atoms with E-state index in [0.29, 0.717) is 17.6 Å². The van der Waals surface area contributed by atoms with Gasteiger partial charge in [-0.25, -0.2) is 9.97 Å². The first-order chi connectivity index (χ1) is 7.72. The van der Waals surface area contributed by atoms with Crippen molar-refractivity contribution in [1.82, 2.24) is 9.97 Å². The second-order valence-corrected chi connectivity index (χ2v) is 4.96. The molecule has 1 aliphatic carbocycles. The summed E-state index contributed by atoms with van der Waals surface area (Å²) in [6, 6.07) is 1.78. The van der Waals surface area contributed by atoms with Gasteiger partial charge in [0.1, 0.15) is 16.8 Å². The van der Waals surface area contributed by atoms with Gasteiger partial charge in [-0.1, -0.05) is 11.6 Å². The lowest BCUT2D eigenvalue weighted by molar-refractivity contribution is 0.198. The highest BCUT2D eigenvalue weighted by Gasteiger charge is 2.29. The Bertz CT molecular complexity index is 408. The van der Waals surface area contributed by atoms with E-state index >= 15 is 0 Å². The van der Waals surface area contributed by atoms with Crippen LogP contribution in [0.15, 0.2) is 6.07 Å². The highest BCUT2D eigenvalue weighted by Crippen LogP contribution is 2.39. The number of aliphatic hydroxyl groups is 1. The van der Waals surface area contributed by atoms with Crippen molar-refractivity contribution < 1.29 is 5.11 Å². The van der Waals surface area contributed by atoms with Crippen LogP contribution in [0.25, 0.3) is 0 Å². The first kappa shape index (κ1) is 10.3. The summed E-state index contributed by atoms with van der Waals surface area (Å²) in [4.78, 5) is 10.9. The van der Waals surface area contributed by atoms with Crippen LogP contribution >= 0.6 is 11.6 Å². The molecule has 1 aromatic heterocycles. The van der Waals surface area contributed by atoms with Gasteiger partial charge in [-0.15, -0.1) is 0 Å². The fraction of sp³-hybridized carbons (Fsp3) is 0.636. The Labute approximate surface area is 99.3 Å². The van der Waals surface area contributed by atoms with Crippen LogP contribution in [-0.2, 0) is 0 Å². The zero-order chi connectivity index (χ0) is 11.1. The molecule has 1 saturated heterocycles. The number of β-amino-alcohol motifs (C(OH)–C–C–N with tert-alkyl or cyclic N) is 1. The molecule has 0 amide bonds. The molecule has 2 fully saturated rings. The lowest BCUT2D eigenvalue weighted by Crippen LogP contribution is -2.22. The zero-order valence-electron chi connectivity index (χ0n) is 8.93. The summed E-state index contributed by atoms with van der Waals surface area (Å²) in [6.45, 7) is 1.50. The molecule has 2 aliphatic rings. The summed E-state index contributed by atoms with van der Waals surface area (Å²) in [5, 5.41) is 10.0. The van der Waals surface area contributed by atoms with E-state index in [1.165, 1.54) is 12.8 Å². The number of hydrogen-bond donors (Lipinski definition) is 1. The van der Waals surface area contributed by atoms with Gasteiger partial charge >= 0.3 is 0 Å². The summed E-state index contributed by atoms with van der Waals surface area (Å²) in [7, 11) is 0. The normalized spacial score (nSPS) is 25.1. The van der Waals surface area contributed by atoms with Gasteiger partial charge in [-0.2, -0.15) is 0 Å². The van der Waals surface area contributed by atoms with Gasteiger partial charge in [0.15, 0.2) is 0 Å². The van der Waals surface area contributed by atoms with E-state index in [0.717, 1.165) is 24.6 Å². The van der Waals surface area contributed by atoms with Crippen molar-refractivity contribution in [2.45, 2.75) is 31.3 Å². The van der Waals surface area contributed by atoms with E-state index < -0.39 is 0 Å². The van der Waals surface area contributed by atoms with Crippen molar-refractivity contribution >= 4 is 17.4 Å². The maximum absolute atomic E-state index is 9.50. The Morgan fingerprint density at radius 2 is 2.12 bits per heavy atom. The first-order valence-corrected chi connectivity index (χ1v) is 6.07. The highest BCUT2D eigenvalue weighted by atomic mass is 35.5. The average molecular weight is 240 g/mol. The molecule has 0 aromatic carbocycles. The standard InChI is InChI=1S/C11H14ClN3O/c12-9-5-10(15-4-3-8(16)6-15)14-11(13-9)7-1-2-7/h5,7-8,16H,1-4,6H2. The van der Waals surface area contributed by atoms with E-state index in [1.54, 1.807) is 6.07 Å². The summed E-state index contributed by atoms with van der Waals surface area (Å²) in [5.74, 6) is 2.23. The van der Waals surface area contributed by atoms with Gasteiger partial charge in [0.2, 0.25) is 0 Å². The number of hydrogen-bond acceptors (Lipinski definition) is 4. The SMILES string of the molecule is OC1CCN(c2cc(Cl)nc(C3CC3)n2)C1. The smallest absolute Gasteiger partial charge is 0.135 e. The molecule has 86 valence electrons. The van der Waals surface area contributed by atoms with Gasteiger partial charge < -0.3 is 10.0 Å². The quantitative estimate of drug-likeness (QED) is 0.797. The second-order valence-electron chi connectivity index (χ2n) is 4.57. The molecule has 0 spiro atoms. The van der Waals surface area contributed by atoms with Crippen LogP contribution in [0.2, 0.25) is 5.15 Å². The van der Waals surface area contributed by atoms with Crippen LogP contribution in [-0.4, -0.2) is 34.3 Å². The number of halogens is 1. The fourth-order valence-corrected chi connectivity index (χ4v) is 2.24. The van der Waals surface area contributed by atoms with Gasteiger partial charge in [-0.3, -0.25) is 0 Å². The number of aliphatic hydroxyl groups excluding tert-OH is 1. The minimum Gasteiger partial charge on any atom is -0.391 e. The third-order valence-corrected chi connectivity index (χ3v) is 3.32. The first-order valence-electron chi connectivity index (χ1n) is 5.70. The van der Waals surface area contributed by atoms with Crippen LogP contribution in [0.3, 0.4) is 0 Å². The Morgan fingerprint density at radius 3 is 2.75 bits per heavy atom. The van der Waals surface area contributed by atoms with Crippen LogP contribution in [0.5, 0.6) is 0 Å². The monoisotopic (exact) mass is 239 g/mol. The molecule has 1 unspecified atom stereocenters. The van der Waals surface area contributed by atoms with E-state index in [4.69, 9.17) is 11.6 Å². The second kappa shape index (κ2) is 3.86. The molecular weight excluding hydrogens is 226 g/mol. The van der Waals surface area contributed by atoms with Crippen LogP contribution in [0.4, 0.5) is 5.82 Å². The van der Waals surface area contributed by atoms with Crippen LogP contribution < -0.4 is 4.90 Å². The maximum atomic E-state index is 9.50. The molecule has 2 heterocycles. The van der Waals surface area contributed by atoms with Crippen molar-refractivity contribution in [3.63, 3.8) is 0 Å². The molecule has 1 saturated carbocycles. The predicted octanol–water partition coefficient (Wildman–Crippen LogP) is 1.58. The topological polar surface area (TPSA) is 49.2 Å². The van der Waals surface area contributed by atoms with E-state index in [9.17, 15) is 5.11 Å². The van der Waals surface area contributed by atoms with E-state index in [1.807, 2.05) is 0 Å². The number of anilines is 1. The predicted molar refractivity (Wildman–Crippen MR) is 61.9 cm³/mol. The number of rotatable bonds is 2. The van der Waals surface area contributed by atoms with Gasteiger partial charge in [0.05, 0.1) is 6.10 Å². The molecule has 1 atom stereocenters. The Kier molecular flexibility index (Phi) is 2.48. The summed E-state index contributed by atoms with van der Waals surface area (Å²) in [6.07, 6.45) is 2.91. The van der Waals surface area contributed by atoms with E-state index in [-0.39, 0.29) is 6.10 Å². The molecule has 0 bridgehead atoms. The lowest BCUT2D eigenvalue weighted by atomic mass is 10.3. The maximum Gasteiger partial charge on any atom is 0.135 e. The fourth-order valence-electron chi connectivity index (χ4n) is 2.06. The van der Waals surface area contributed by atoms with Crippen LogP contribution in [0, 0.1) is 0 Å². The molecule has 0 radical (unpaired) electrons. The largest absolute Gasteiger partial charge is 0.391 e. The lowest BCUT2D eigenvalue weighted by Gasteiger charge is -2.17. The average Bonchev–Trinajstić information content (AvgIpc) is 3.01. The van der Waals surface area contributed by atoms with Crippen LogP contribution in [0.1, 0.15) is 31.0 Å². The van der Waals surface area contributed by atoms with E-state index in [2.05, 4.69) is 14.9 Å². The minimum absolute atomic E-state index is 0.238. The summed E-state index contributed by atoms with van der Waals surface area (Å²) in [5.41, 5.74) is 0. The summed E-state index contributed by atoms with van der Waals surface area (Å²) < 4.78 is 0. The minimum atomic E-state index is -0.238. The molecule has 3 rings (SSSR count). The van der Waals surface area contributed by atoms with Crippen molar-refractivity contribution in [1.29, 1.82) is 0 Å². The van der Waals surface area contributed by atoms with Gasteiger partial charge in [0.25, 0.3) is 0 Å². The molecule has 1 N–H and O–H groups in total. The molecule has 5 heteroatoms. The third kappa shape index (κ3) is 1.99. The van der Waals surface area contributed by atoms with Crippen molar-refractivity contribution in [3.8, 4) is 0 Å². The zero-order valence-corrected chi connectivity index (χ0v) is 9.69. The highest BCUT2D eigenvalue weighted by molar-refractivity contribution is 6.29. The Hall–Kier alpha value is -0.870. The molecule has 4 nitrogen and oxygen atoms in total. The molecular formula is C11H14ClN3O. The van der Waals surface area contributed by atoms with Crippen molar-refractivity contribution in [3.05, 3.63) is 17.0 Å². The number of aromatic nitrogens is 2. The van der Waals surface area contributed by atoms with Crippen molar-refractivity contribution in [2.24, 2.45) is 0 Å². The third-order valence-electron chi connectivity index (χ3n) is 3.13. The Balaban J connectivity index is 1.88. The van der Waals surface area contributed by atoms with Gasteiger partial charge in [0, 0.05) is 25.1 Å².